The first-order chi connectivity index (χ1) is 9.05. The van der Waals surface area contributed by atoms with Crippen LogP contribution in [0.4, 0.5) is 0 Å². The van der Waals surface area contributed by atoms with Gasteiger partial charge >= 0.3 is 0 Å². The van der Waals surface area contributed by atoms with Crippen LogP contribution in [-0.2, 0) is 21.3 Å². The van der Waals surface area contributed by atoms with Crippen LogP contribution in [0.5, 0.6) is 0 Å². The van der Waals surface area contributed by atoms with Crippen LogP contribution in [0.2, 0.25) is 0 Å². The molecule has 1 aromatic rings. The summed E-state index contributed by atoms with van der Waals surface area (Å²) >= 11 is 0. The van der Waals surface area contributed by atoms with E-state index < -0.39 is 10.0 Å². The molecule has 0 bridgehead atoms. The third kappa shape index (κ3) is 4.59. The third-order valence-corrected chi connectivity index (χ3v) is 3.71. The Bertz CT molecular complexity index is 494. The van der Waals surface area contributed by atoms with Crippen LogP contribution in [0.3, 0.4) is 0 Å². The van der Waals surface area contributed by atoms with Crippen molar-refractivity contribution in [3.8, 4) is 0 Å². The summed E-state index contributed by atoms with van der Waals surface area (Å²) in [6.45, 7) is 5.72. The summed E-state index contributed by atoms with van der Waals surface area (Å²) in [6, 6.07) is 2.98. The fraction of sp³-hybridized carbons (Fsp3) is 0.636. The van der Waals surface area contributed by atoms with Crippen molar-refractivity contribution < 1.29 is 17.6 Å². The Morgan fingerprint density at radius 2 is 2.05 bits per heavy atom. The number of rotatable bonds is 6. The summed E-state index contributed by atoms with van der Waals surface area (Å²) in [5.74, 6) is 0.561. The van der Waals surface area contributed by atoms with E-state index in [-0.39, 0.29) is 5.09 Å². The van der Waals surface area contributed by atoms with E-state index in [4.69, 9.17) is 14.3 Å². The third-order valence-electron chi connectivity index (χ3n) is 2.93. The van der Waals surface area contributed by atoms with Crippen LogP contribution in [0, 0.1) is 0 Å². The predicted molar refractivity (Wildman–Crippen MR) is 69.0 cm³/mol. The second-order valence-corrected chi connectivity index (χ2v) is 5.89. The zero-order chi connectivity index (χ0) is 13.7. The molecule has 0 aliphatic carbocycles. The molecule has 0 unspecified atom stereocenters. The van der Waals surface area contributed by atoms with Crippen molar-refractivity contribution in [3.63, 3.8) is 0 Å². The lowest BCUT2D eigenvalue weighted by molar-refractivity contribution is 0.0383. The van der Waals surface area contributed by atoms with Gasteiger partial charge in [-0.2, -0.15) is 0 Å². The maximum Gasteiger partial charge on any atom is 0.271 e. The van der Waals surface area contributed by atoms with Crippen molar-refractivity contribution >= 4 is 10.0 Å². The second-order valence-electron chi connectivity index (χ2n) is 4.40. The van der Waals surface area contributed by atoms with E-state index >= 15 is 0 Å². The van der Waals surface area contributed by atoms with Crippen LogP contribution in [-0.4, -0.2) is 52.7 Å². The molecule has 2 rings (SSSR count). The summed E-state index contributed by atoms with van der Waals surface area (Å²) < 4.78 is 32.5. The zero-order valence-electron chi connectivity index (χ0n) is 10.7. The SMILES string of the molecule is NS(=O)(=O)c1ccc(CNCCN2CCOCC2)o1. The van der Waals surface area contributed by atoms with Crippen molar-refractivity contribution in [2.75, 3.05) is 39.4 Å². The molecule has 0 spiro atoms. The molecule has 108 valence electrons. The number of nitrogens with one attached hydrogen (secondary N) is 1. The molecule has 0 amide bonds. The van der Waals surface area contributed by atoms with Gasteiger partial charge in [0.05, 0.1) is 19.8 Å². The fourth-order valence-electron chi connectivity index (χ4n) is 1.88. The first kappa shape index (κ1) is 14.5. The van der Waals surface area contributed by atoms with Gasteiger partial charge in [0.25, 0.3) is 10.0 Å². The minimum atomic E-state index is -3.75. The second kappa shape index (κ2) is 6.49. The van der Waals surface area contributed by atoms with Gasteiger partial charge in [0, 0.05) is 26.2 Å². The zero-order valence-corrected chi connectivity index (χ0v) is 11.5. The molecule has 2 heterocycles. The van der Waals surface area contributed by atoms with Gasteiger partial charge in [-0.05, 0) is 12.1 Å². The Balaban J connectivity index is 1.69. The maximum atomic E-state index is 11.0. The number of nitrogens with two attached hydrogens (primary N) is 1. The Labute approximate surface area is 112 Å². The molecule has 1 aliphatic rings. The van der Waals surface area contributed by atoms with Gasteiger partial charge in [-0.1, -0.05) is 0 Å². The van der Waals surface area contributed by atoms with Gasteiger partial charge in [-0.25, -0.2) is 13.6 Å². The topological polar surface area (TPSA) is 97.8 Å². The van der Waals surface area contributed by atoms with E-state index in [9.17, 15) is 8.42 Å². The minimum absolute atomic E-state index is 0.197. The summed E-state index contributed by atoms with van der Waals surface area (Å²) in [6.07, 6.45) is 0. The molecule has 7 nitrogen and oxygen atoms in total. The molecule has 1 fully saturated rings. The van der Waals surface area contributed by atoms with E-state index in [2.05, 4.69) is 10.2 Å². The van der Waals surface area contributed by atoms with Gasteiger partial charge in [-0.3, -0.25) is 4.90 Å². The molecule has 0 radical (unpaired) electrons. The smallest absolute Gasteiger partial charge is 0.271 e. The van der Waals surface area contributed by atoms with E-state index in [0.717, 1.165) is 39.4 Å². The molecule has 1 aliphatic heterocycles. The highest BCUT2D eigenvalue weighted by Gasteiger charge is 2.13. The summed E-state index contributed by atoms with van der Waals surface area (Å²) in [4.78, 5) is 2.31. The summed E-state index contributed by atoms with van der Waals surface area (Å²) in [5, 5.41) is 7.97. The lowest BCUT2D eigenvalue weighted by Gasteiger charge is -2.26. The number of sulfonamides is 1. The Kier molecular flexibility index (Phi) is 4.94. The predicted octanol–water partition coefficient (Wildman–Crippen LogP) is -0.651. The largest absolute Gasteiger partial charge is 0.447 e. The van der Waals surface area contributed by atoms with Crippen molar-refractivity contribution in [1.29, 1.82) is 0 Å². The van der Waals surface area contributed by atoms with Gasteiger partial charge in [0.15, 0.2) is 0 Å². The average Bonchev–Trinajstić information content (AvgIpc) is 2.85. The number of primary sulfonamides is 1. The lowest BCUT2D eigenvalue weighted by Crippen LogP contribution is -2.40. The van der Waals surface area contributed by atoms with Crippen LogP contribution in [0.15, 0.2) is 21.6 Å². The molecule has 3 N–H and O–H groups in total. The number of hydrogen-bond acceptors (Lipinski definition) is 6. The lowest BCUT2D eigenvalue weighted by atomic mass is 10.4. The van der Waals surface area contributed by atoms with Crippen molar-refractivity contribution in [2.24, 2.45) is 5.14 Å². The number of ether oxygens (including phenoxy) is 1. The fourth-order valence-corrected chi connectivity index (χ4v) is 2.36. The summed E-state index contributed by atoms with van der Waals surface area (Å²) in [5.41, 5.74) is 0. The highest BCUT2D eigenvalue weighted by Crippen LogP contribution is 2.11. The van der Waals surface area contributed by atoms with Crippen molar-refractivity contribution in [1.82, 2.24) is 10.2 Å². The van der Waals surface area contributed by atoms with E-state index in [1.165, 1.54) is 6.07 Å². The van der Waals surface area contributed by atoms with Gasteiger partial charge in [0.2, 0.25) is 5.09 Å². The Morgan fingerprint density at radius 3 is 2.68 bits per heavy atom. The van der Waals surface area contributed by atoms with Crippen LogP contribution in [0.25, 0.3) is 0 Å². The first-order valence-corrected chi connectivity index (χ1v) is 7.73. The highest BCUT2D eigenvalue weighted by atomic mass is 32.2. The van der Waals surface area contributed by atoms with Gasteiger partial charge < -0.3 is 14.5 Å². The molecule has 0 atom stereocenters. The summed E-state index contributed by atoms with van der Waals surface area (Å²) in [7, 11) is -3.75. The average molecular weight is 289 g/mol. The van der Waals surface area contributed by atoms with Crippen LogP contribution in [0.1, 0.15) is 5.76 Å². The van der Waals surface area contributed by atoms with Crippen LogP contribution >= 0.6 is 0 Å². The Morgan fingerprint density at radius 1 is 1.32 bits per heavy atom. The van der Waals surface area contributed by atoms with Gasteiger partial charge in [-0.15, -0.1) is 0 Å². The molecule has 0 saturated carbocycles. The van der Waals surface area contributed by atoms with E-state index in [1.54, 1.807) is 6.07 Å². The van der Waals surface area contributed by atoms with Crippen molar-refractivity contribution in [2.45, 2.75) is 11.6 Å². The molecule has 1 saturated heterocycles. The molecule has 8 heteroatoms. The quantitative estimate of drug-likeness (QED) is 0.675. The van der Waals surface area contributed by atoms with Crippen LogP contribution < -0.4 is 10.5 Å². The number of furan rings is 1. The number of nitrogens with zero attached hydrogens (tertiary/aromatic N) is 1. The molecular weight excluding hydrogens is 270 g/mol. The molecule has 19 heavy (non-hydrogen) atoms. The normalized spacial score (nSPS) is 17.7. The first-order valence-electron chi connectivity index (χ1n) is 6.18. The highest BCUT2D eigenvalue weighted by molar-refractivity contribution is 7.89. The number of morpholine rings is 1. The van der Waals surface area contributed by atoms with Gasteiger partial charge in [0.1, 0.15) is 5.76 Å². The van der Waals surface area contributed by atoms with Crippen molar-refractivity contribution in [3.05, 3.63) is 17.9 Å². The standard InChI is InChI=1S/C11H19N3O4S/c12-19(15,16)11-2-1-10(18-11)9-13-3-4-14-5-7-17-8-6-14/h1-2,13H,3-9H2,(H2,12,15,16). The Hall–Kier alpha value is -0.930. The monoisotopic (exact) mass is 289 g/mol. The molecular formula is C11H19N3O4S. The molecule has 0 aromatic carbocycles. The number of hydrogen-bond donors (Lipinski definition) is 2. The van der Waals surface area contributed by atoms with E-state index in [0.29, 0.717) is 12.3 Å². The maximum absolute atomic E-state index is 11.0. The van der Waals surface area contributed by atoms with E-state index in [1.807, 2.05) is 0 Å². The minimum Gasteiger partial charge on any atom is -0.447 e. The molecule has 1 aromatic heterocycles.